The summed E-state index contributed by atoms with van der Waals surface area (Å²) in [6.07, 6.45) is 2.50. The molecule has 0 unspecified atom stereocenters. The minimum atomic E-state index is -3.97. The molecule has 2 aromatic rings. The maximum absolute atomic E-state index is 12.7. The lowest BCUT2D eigenvalue weighted by molar-refractivity contribution is -0.150. The second kappa shape index (κ2) is 10.7. The van der Waals surface area contributed by atoms with Crippen molar-refractivity contribution in [2.24, 2.45) is 5.92 Å². The number of carbonyl (C=O) groups is 3. The average molecular weight is 509 g/mol. The highest BCUT2D eigenvalue weighted by Crippen LogP contribution is 2.39. The Morgan fingerprint density at radius 3 is 2.41 bits per heavy atom. The van der Waals surface area contributed by atoms with Crippen molar-refractivity contribution in [2.45, 2.75) is 51.0 Å². The van der Waals surface area contributed by atoms with E-state index in [9.17, 15) is 22.8 Å². The van der Waals surface area contributed by atoms with Gasteiger partial charge >= 0.3 is 11.9 Å². The largest absolute Gasteiger partial charge is 0.465 e. The van der Waals surface area contributed by atoms with E-state index in [0.717, 1.165) is 35.3 Å². The average Bonchev–Trinajstić information content (AvgIpc) is 3.36. The van der Waals surface area contributed by atoms with E-state index in [1.165, 1.54) is 30.6 Å². The van der Waals surface area contributed by atoms with Gasteiger partial charge in [-0.1, -0.05) is 31.5 Å². The van der Waals surface area contributed by atoms with Crippen molar-refractivity contribution in [3.05, 3.63) is 45.8 Å². The zero-order chi connectivity index (χ0) is 25.0. The quantitative estimate of drug-likeness (QED) is 0.499. The zero-order valence-electron chi connectivity index (χ0n) is 19.5. The van der Waals surface area contributed by atoms with E-state index in [2.05, 4.69) is 10.0 Å². The van der Waals surface area contributed by atoms with Gasteiger partial charge in [0.15, 0.2) is 6.61 Å². The summed E-state index contributed by atoms with van der Waals surface area (Å²) >= 11 is 1.31. The maximum Gasteiger partial charge on any atom is 0.341 e. The lowest BCUT2D eigenvalue weighted by Crippen LogP contribution is -2.45. The van der Waals surface area contributed by atoms with Gasteiger partial charge in [-0.2, -0.15) is 4.72 Å². The number of rotatable bonds is 9. The first-order valence-electron chi connectivity index (χ1n) is 10.8. The van der Waals surface area contributed by atoms with Crippen LogP contribution in [0, 0.1) is 12.8 Å². The Balaban J connectivity index is 1.65. The van der Waals surface area contributed by atoms with Crippen molar-refractivity contribution in [3.8, 4) is 0 Å². The summed E-state index contributed by atoms with van der Waals surface area (Å²) in [5, 5.41) is 2.98. The van der Waals surface area contributed by atoms with Crippen LogP contribution in [0.1, 0.15) is 46.6 Å². The summed E-state index contributed by atoms with van der Waals surface area (Å²) in [6, 6.07) is 5.03. The SMILES string of the molecule is COC(=O)c1c(NC(=O)COC(=O)[C@@H](NS(=O)(=O)c2ccc(C)cc2)C(C)C)sc2c1CCC2. The standard InChI is InChI=1S/C23H28N2O7S2/c1-13(2)20(25-34(29,30)15-10-8-14(3)9-11-15)23(28)32-12-18(26)24-21-19(22(27)31-4)16-6-5-7-17(16)33-21/h8-11,13,20,25H,5-7,12H2,1-4H3,(H,24,26)/t20-/m0/s1. The van der Waals surface area contributed by atoms with E-state index in [-0.39, 0.29) is 4.90 Å². The summed E-state index contributed by atoms with van der Waals surface area (Å²) in [4.78, 5) is 38.4. The predicted molar refractivity (Wildman–Crippen MR) is 127 cm³/mol. The molecule has 0 radical (unpaired) electrons. The van der Waals surface area contributed by atoms with Gasteiger partial charge in [0, 0.05) is 4.88 Å². The van der Waals surface area contributed by atoms with Gasteiger partial charge in [-0.3, -0.25) is 9.59 Å². The molecule has 1 aromatic carbocycles. The minimum Gasteiger partial charge on any atom is -0.465 e. The molecule has 0 saturated carbocycles. The summed E-state index contributed by atoms with van der Waals surface area (Å²) in [5.74, 6) is -2.47. The van der Waals surface area contributed by atoms with Crippen LogP contribution in [0.15, 0.2) is 29.2 Å². The number of aryl methyl sites for hydroxylation is 2. The number of sulfonamides is 1. The third-order valence-electron chi connectivity index (χ3n) is 5.44. The zero-order valence-corrected chi connectivity index (χ0v) is 21.1. The second-order valence-electron chi connectivity index (χ2n) is 8.36. The number of nitrogens with one attached hydrogen (secondary N) is 2. The number of benzene rings is 1. The molecule has 1 aliphatic rings. The molecule has 184 valence electrons. The summed E-state index contributed by atoms with van der Waals surface area (Å²) in [6.45, 7) is 4.54. The number of methoxy groups -OCH3 is 1. The fraction of sp³-hybridized carbons (Fsp3) is 0.435. The Morgan fingerprint density at radius 1 is 1.12 bits per heavy atom. The number of carbonyl (C=O) groups excluding carboxylic acids is 3. The van der Waals surface area contributed by atoms with Crippen LogP contribution in [0.4, 0.5) is 5.00 Å². The molecule has 34 heavy (non-hydrogen) atoms. The molecule has 1 heterocycles. The molecule has 0 saturated heterocycles. The third kappa shape index (κ3) is 5.83. The molecular formula is C23H28N2O7S2. The Bertz CT molecular complexity index is 1180. The minimum absolute atomic E-state index is 0.0235. The van der Waals surface area contributed by atoms with Gasteiger partial charge in [0.1, 0.15) is 11.0 Å². The van der Waals surface area contributed by atoms with Crippen molar-refractivity contribution in [1.82, 2.24) is 4.72 Å². The maximum atomic E-state index is 12.7. The van der Waals surface area contributed by atoms with Crippen LogP contribution < -0.4 is 10.0 Å². The van der Waals surface area contributed by atoms with Gasteiger partial charge in [0.2, 0.25) is 10.0 Å². The van der Waals surface area contributed by atoms with Crippen LogP contribution in [-0.2, 0) is 41.9 Å². The van der Waals surface area contributed by atoms with Crippen LogP contribution in [-0.4, -0.2) is 46.0 Å². The van der Waals surface area contributed by atoms with Crippen molar-refractivity contribution in [2.75, 3.05) is 19.0 Å². The van der Waals surface area contributed by atoms with E-state index in [1.807, 2.05) is 6.92 Å². The van der Waals surface area contributed by atoms with Crippen molar-refractivity contribution in [1.29, 1.82) is 0 Å². The van der Waals surface area contributed by atoms with Gasteiger partial charge in [-0.05, 0) is 49.8 Å². The monoisotopic (exact) mass is 508 g/mol. The van der Waals surface area contributed by atoms with E-state index in [0.29, 0.717) is 10.6 Å². The summed E-state index contributed by atoms with van der Waals surface area (Å²) in [5.41, 5.74) is 2.12. The van der Waals surface area contributed by atoms with Crippen LogP contribution in [0.2, 0.25) is 0 Å². The van der Waals surface area contributed by atoms with Crippen molar-refractivity contribution in [3.63, 3.8) is 0 Å². The fourth-order valence-corrected chi connectivity index (χ4v) is 6.24. The number of hydrogen-bond donors (Lipinski definition) is 2. The molecule has 0 spiro atoms. The van der Waals surface area contributed by atoms with Gasteiger partial charge in [-0.25, -0.2) is 13.2 Å². The predicted octanol–water partition coefficient (Wildman–Crippen LogP) is 2.82. The number of esters is 2. The van der Waals surface area contributed by atoms with Crippen molar-refractivity contribution >= 4 is 44.2 Å². The first-order chi connectivity index (χ1) is 16.0. The van der Waals surface area contributed by atoms with Gasteiger partial charge in [0.25, 0.3) is 5.91 Å². The number of ether oxygens (including phenoxy) is 2. The molecule has 11 heteroatoms. The number of anilines is 1. The first-order valence-corrected chi connectivity index (χ1v) is 13.1. The first kappa shape index (κ1) is 25.9. The summed E-state index contributed by atoms with van der Waals surface area (Å²) in [7, 11) is -2.69. The highest BCUT2D eigenvalue weighted by atomic mass is 32.2. The molecule has 0 bridgehead atoms. The van der Waals surface area contributed by atoms with Crippen LogP contribution in [0.25, 0.3) is 0 Å². The van der Waals surface area contributed by atoms with Crippen LogP contribution in [0.5, 0.6) is 0 Å². The molecule has 3 rings (SSSR count). The number of amides is 1. The van der Waals surface area contributed by atoms with Gasteiger partial charge in [-0.15, -0.1) is 11.3 Å². The Hall–Kier alpha value is -2.76. The second-order valence-corrected chi connectivity index (χ2v) is 11.2. The fourth-order valence-electron chi connectivity index (χ4n) is 3.61. The Morgan fingerprint density at radius 2 is 1.79 bits per heavy atom. The number of fused-ring (bicyclic) bond motifs is 1. The van der Waals surface area contributed by atoms with E-state index >= 15 is 0 Å². The van der Waals surface area contributed by atoms with Crippen LogP contribution >= 0.6 is 11.3 Å². The molecule has 0 aliphatic heterocycles. The lowest BCUT2D eigenvalue weighted by Gasteiger charge is -2.20. The molecule has 9 nitrogen and oxygen atoms in total. The third-order valence-corrected chi connectivity index (χ3v) is 8.11. The molecule has 2 N–H and O–H groups in total. The van der Waals surface area contributed by atoms with E-state index in [1.54, 1.807) is 26.0 Å². The number of thiophene rings is 1. The van der Waals surface area contributed by atoms with E-state index < -0.39 is 46.4 Å². The molecular weight excluding hydrogens is 480 g/mol. The van der Waals surface area contributed by atoms with E-state index in [4.69, 9.17) is 9.47 Å². The number of hydrogen-bond acceptors (Lipinski definition) is 8. The molecule has 1 amide bonds. The normalized spacial score (nSPS) is 13.9. The Kier molecular flexibility index (Phi) is 8.11. The van der Waals surface area contributed by atoms with Crippen LogP contribution in [0.3, 0.4) is 0 Å². The Labute approximate surface area is 202 Å². The lowest BCUT2D eigenvalue weighted by atomic mass is 10.1. The molecule has 1 aromatic heterocycles. The highest BCUT2D eigenvalue weighted by Gasteiger charge is 2.31. The van der Waals surface area contributed by atoms with Crippen molar-refractivity contribution < 1.29 is 32.3 Å². The topological polar surface area (TPSA) is 128 Å². The molecule has 1 aliphatic carbocycles. The smallest absolute Gasteiger partial charge is 0.341 e. The van der Waals surface area contributed by atoms with Gasteiger partial charge < -0.3 is 14.8 Å². The highest BCUT2D eigenvalue weighted by molar-refractivity contribution is 7.89. The molecule has 0 fully saturated rings. The summed E-state index contributed by atoms with van der Waals surface area (Å²) < 4.78 is 37.7. The van der Waals surface area contributed by atoms with Gasteiger partial charge in [0.05, 0.1) is 17.6 Å². The molecule has 1 atom stereocenters.